The number of thiophene rings is 1. The van der Waals surface area contributed by atoms with Gasteiger partial charge in [-0.25, -0.2) is 4.79 Å². The Kier molecular flexibility index (Phi) is 6.23. The van der Waals surface area contributed by atoms with Crippen molar-refractivity contribution in [3.05, 3.63) is 35.0 Å². The van der Waals surface area contributed by atoms with Crippen LogP contribution in [0.4, 0.5) is 13.2 Å². The Morgan fingerprint density at radius 1 is 1.44 bits per heavy atom. The molecular formula is C16H19F3N2O3S. The molecule has 0 radical (unpaired) electrons. The molecule has 9 heteroatoms. The van der Waals surface area contributed by atoms with Crippen LogP contribution in [0, 0.1) is 0 Å². The number of halogens is 3. The van der Waals surface area contributed by atoms with Crippen LogP contribution in [0.1, 0.15) is 18.4 Å². The summed E-state index contributed by atoms with van der Waals surface area (Å²) in [5.41, 5.74) is 1.37. The van der Waals surface area contributed by atoms with E-state index in [1.54, 1.807) is 11.3 Å². The number of carboxylic acids is 1. The Hall–Kier alpha value is -1.87. The first-order valence-corrected chi connectivity index (χ1v) is 8.64. The molecule has 0 bridgehead atoms. The summed E-state index contributed by atoms with van der Waals surface area (Å²) in [6.45, 7) is 6.54. The molecule has 3 heterocycles. The van der Waals surface area contributed by atoms with Gasteiger partial charge >= 0.3 is 12.1 Å². The fraction of sp³-hybridized carbons (Fsp3) is 0.500. The number of carbonyl (C=O) groups is 2. The Labute approximate surface area is 147 Å². The van der Waals surface area contributed by atoms with Gasteiger partial charge in [0, 0.05) is 38.1 Å². The highest BCUT2D eigenvalue weighted by atomic mass is 32.1. The number of aliphatic carboxylic acids is 1. The molecule has 0 aliphatic carbocycles. The minimum atomic E-state index is -5.08. The maximum Gasteiger partial charge on any atom is 0.490 e. The van der Waals surface area contributed by atoms with Crippen LogP contribution in [0.2, 0.25) is 0 Å². The Morgan fingerprint density at radius 3 is 2.64 bits per heavy atom. The number of carboxylic acid groups (broad SMARTS) is 1. The van der Waals surface area contributed by atoms with Crippen molar-refractivity contribution in [3.8, 4) is 0 Å². The molecule has 0 spiro atoms. The molecule has 1 amide bonds. The van der Waals surface area contributed by atoms with Gasteiger partial charge in [0.15, 0.2) is 0 Å². The van der Waals surface area contributed by atoms with Crippen LogP contribution < -0.4 is 0 Å². The summed E-state index contributed by atoms with van der Waals surface area (Å²) in [6.07, 6.45) is -1.46. The highest BCUT2D eigenvalue weighted by molar-refractivity contribution is 7.07. The van der Waals surface area contributed by atoms with Gasteiger partial charge in [0.05, 0.1) is 0 Å². The van der Waals surface area contributed by atoms with Gasteiger partial charge in [-0.2, -0.15) is 24.5 Å². The van der Waals surface area contributed by atoms with Gasteiger partial charge in [-0.15, -0.1) is 6.58 Å². The number of fused-ring (bicyclic) bond motifs is 1. The SMILES string of the molecule is C=CCN1C(=O)C[C@@H]2[C@@H]1CCN2Cc1ccsc1.O=C(O)C(F)(F)F. The molecular weight excluding hydrogens is 357 g/mol. The van der Waals surface area contributed by atoms with Gasteiger partial charge in [-0.3, -0.25) is 9.69 Å². The van der Waals surface area contributed by atoms with E-state index in [-0.39, 0.29) is 0 Å². The Bertz CT molecular complexity index is 619. The fourth-order valence-corrected chi connectivity index (χ4v) is 3.86. The van der Waals surface area contributed by atoms with Crippen molar-refractivity contribution in [2.75, 3.05) is 13.1 Å². The lowest BCUT2D eigenvalue weighted by atomic mass is 10.1. The van der Waals surface area contributed by atoms with Crippen LogP contribution in [0.15, 0.2) is 29.5 Å². The van der Waals surface area contributed by atoms with Crippen molar-refractivity contribution in [2.45, 2.75) is 37.6 Å². The number of hydrogen-bond donors (Lipinski definition) is 1. The number of alkyl halides is 3. The van der Waals surface area contributed by atoms with Crippen molar-refractivity contribution in [1.82, 2.24) is 9.80 Å². The molecule has 138 valence electrons. The lowest BCUT2D eigenvalue weighted by molar-refractivity contribution is -0.192. The van der Waals surface area contributed by atoms with E-state index in [0.717, 1.165) is 19.5 Å². The molecule has 25 heavy (non-hydrogen) atoms. The summed E-state index contributed by atoms with van der Waals surface area (Å²) >= 11 is 1.74. The largest absolute Gasteiger partial charge is 0.490 e. The first kappa shape index (κ1) is 19.5. The molecule has 2 aliphatic heterocycles. The van der Waals surface area contributed by atoms with Crippen LogP contribution in [0.25, 0.3) is 0 Å². The van der Waals surface area contributed by atoms with Crippen LogP contribution in [-0.2, 0) is 16.1 Å². The van der Waals surface area contributed by atoms with Crippen molar-refractivity contribution < 1.29 is 27.9 Å². The predicted octanol–water partition coefficient (Wildman–Crippen LogP) is 2.74. The van der Waals surface area contributed by atoms with E-state index in [2.05, 4.69) is 28.3 Å². The second-order valence-electron chi connectivity index (χ2n) is 5.87. The minimum absolute atomic E-state index is 0.292. The molecule has 3 rings (SSSR count). The van der Waals surface area contributed by atoms with E-state index in [9.17, 15) is 18.0 Å². The predicted molar refractivity (Wildman–Crippen MR) is 87.1 cm³/mol. The average molecular weight is 376 g/mol. The maximum atomic E-state index is 12.0. The Balaban J connectivity index is 0.000000277. The van der Waals surface area contributed by atoms with Crippen LogP contribution in [0.5, 0.6) is 0 Å². The third-order valence-corrected chi connectivity index (χ3v) is 5.00. The smallest absolute Gasteiger partial charge is 0.475 e. The van der Waals surface area contributed by atoms with Crippen LogP contribution in [0.3, 0.4) is 0 Å². The second-order valence-corrected chi connectivity index (χ2v) is 6.65. The molecule has 2 atom stereocenters. The standard InChI is InChI=1S/C14H18N2OS.C2HF3O2/c1-2-5-16-12-3-6-15(13(12)8-14(16)17)9-11-4-7-18-10-11;3-2(4,5)1(6)7/h2,4,7,10,12-13H,1,3,5-6,8-9H2;(H,6,7)/t12-,13+;/m0./s1. The molecule has 0 aromatic carbocycles. The summed E-state index contributed by atoms with van der Waals surface area (Å²) in [6, 6.07) is 3.00. The first-order valence-electron chi connectivity index (χ1n) is 7.69. The molecule has 0 unspecified atom stereocenters. The normalized spacial score (nSPS) is 23.2. The van der Waals surface area contributed by atoms with Gasteiger partial charge in [-0.1, -0.05) is 6.08 Å². The number of hydrogen-bond acceptors (Lipinski definition) is 4. The zero-order chi connectivity index (χ0) is 18.6. The number of amides is 1. The zero-order valence-corrected chi connectivity index (χ0v) is 14.2. The van der Waals surface area contributed by atoms with Gasteiger partial charge in [0.25, 0.3) is 0 Å². The fourth-order valence-electron chi connectivity index (χ4n) is 3.20. The lowest BCUT2D eigenvalue weighted by Gasteiger charge is -2.24. The number of nitrogens with zero attached hydrogens (tertiary/aromatic N) is 2. The molecule has 5 nitrogen and oxygen atoms in total. The minimum Gasteiger partial charge on any atom is -0.475 e. The van der Waals surface area contributed by atoms with Crippen molar-refractivity contribution in [1.29, 1.82) is 0 Å². The molecule has 2 aliphatic rings. The topological polar surface area (TPSA) is 60.9 Å². The number of likely N-dealkylation sites (tertiary alicyclic amines) is 2. The average Bonchev–Trinajstić information content (AvgIpc) is 3.21. The molecule has 1 aromatic heterocycles. The van der Waals surface area contributed by atoms with E-state index in [4.69, 9.17) is 9.90 Å². The summed E-state index contributed by atoms with van der Waals surface area (Å²) in [5.74, 6) is -2.47. The summed E-state index contributed by atoms with van der Waals surface area (Å²) in [5, 5.41) is 11.4. The molecule has 1 aromatic rings. The van der Waals surface area contributed by atoms with E-state index in [1.807, 2.05) is 11.0 Å². The zero-order valence-electron chi connectivity index (χ0n) is 13.4. The van der Waals surface area contributed by atoms with Gasteiger partial charge < -0.3 is 10.0 Å². The van der Waals surface area contributed by atoms with Gasteiger partial charge in [0.1, 0.15) is 0 Å². The third kappa shape index (κ3) is 4.82. The van der Waals surface area contributed by atoms with Crippen molar-refractivity contribution in [2.24, 2.45) is 0 Å². The monoisotopic (exact) mass is 376 g/mol. The summed E-state index contributed by atoms with van der Waals surface area (Å²) < 4.78 is 31.7. The Morgan fingerprint density at radius 2 is 2.12 bits per heavy atom. The molecule has 1 N–H and O–H groups in total. The van der Waals surface area contributed by atoms with Gasteiger partial charge in [-0.05, 0) is 28.8 Å². The highest BCUT2D eigenvalue weighted by Crippen LogP contribution is 2.33. The van der Waals surface area contributed by atoms with E-state index in [0.29, 0.717) is 31.0 Å². The van der Waals surface area contributed by atoms with E-state index < -0.39 is 12.1 Å². The first-order chi connectivity index (χ1) is 11.7. The van der Waals surface area contributed by atoms with E-state index >= 15 is 0 Å². The van der Waals surface area contributed by atoms with Gasteiger partial charge in [0.2, 0.25) is 5.91 Å². The highest BCUT2D eigenvalue weighted by Gasteiger charge is 2.45. The van der Waals surface area contributed by atoms with Crippen LogP contribution in [-0.4, -0.2) is 58.1 Å². The summed E-state index contributed by atoms with van der Waals surface area (Å²) in [7, 11) is 0. The molecule has 2 fully saturated rings. The maximum absolute atomic E-state index is 12.0. The third-order valence-electron chi connectivity index (χ3n) is 4.26. The second kappa shape index (κ2) is 8.01. The number of rotatable bonds is 4. The number of carbonyl (C=O) groups excluding carboxylic acids is 1. The molecule has 2 saturated heterocycles. The lowest BCUT2D eigenvalue weighted by Crippen LogP contribution is -2.37. The quantitative estimate of drug-likeness (QED) is 0.821. The van der Waals surface area contributed by atoms with E-state index in [1.165, 1.54) is 5.56 Å². The van der Waals surface area contributed by atoms with Crippen molar-refractivity contribution >= 4 is 23.2 Å². The summed E-state index contributed by atoms with van der Waals surface area (Å²) in [4.78, 5) is 25.3. The van der Waals surface area contributed by atoms with Crippen LogP contribution >= 0.6 is 11.3 Å². The van der Waals surface area contributed by atoms with Crippen molar-refractivity contribution in [3.63, 3.8) is 0 Å². The molecule has 0 saturated carbocycles.